The average molecular weight is 371 g/mol. The molecule has 2 aromatic heterocycles. The van der Waals surface area contributed by atoms with E-state index >= 15 is 0 Å². The number of carbonyl (C=O) groups is 1. The fourth-order valence-electron chi connectivity index (χ4n) is 2.45. The van der Waals surface area contributed by atoms with E-state index in [9.17, 15) is 9.90 Å². The number of rotatable bonds is 3. The Labute approximate surface area is 134 Å². The van der Waals surface area contributed by atoms with Gasteiger partial charge in [-0.05, 0) is 28.1 Å². The van der Waals surface area contributed by atoms with Gasteiger partial charge in [0, 0.05) is 11.3 Å². The van der Waals surface area contributed by atoms with Crippen LogP contribution in [0.3, 0.4) is 0 Å². The lowest BCUT2D eigenvalue weighted by atomic mass is 10.2. The molecule has 0 bridgehead atoms. The molecular formula is C13H15BrN4O2S. The monoisotopic (exact) mass is 370 g/mol. The zero-order valence-corrected chi connectivity index (χ0v) is 14.0. The highest BCUT2D eigenvalue weighted by Gasteiger charge is 2.31. The highest BCUT2D eigenvalue weighted by atomic mass is 79.9. The van der Waals surface area contributed by atoms with Crippen molar-refractivity contribution in [1.82, 2.24) is 9.58 Å². The first kappa shape index (κ1) is 14.6. The molecule has 3 N–H and O–H groups in total. The molecule has 21 heavy (non-hydrogen) atoms. The Morgan fingerprint density at radius 1 is 1.57 bits per heavy atom. The maximum Gasteiger partial charge on any atom is 0.238 e. The summed E-state index contributed by atoms with van der Waals surface area (Å²) in [4.78, 5) is 12.2. The zero-order chi connectivity index (χ0) is 15.3. The summed E-state index contributed by atoms with van der Waals surface area (Å²) in [5.74, 6) is 0.412. The van der Waals surface area contributed by atoms with Gasteiger partial charge in [0.1, 0.15) is 17.2 Å². The van der Waals surface area contributed by atoms with E-state index in [0.717, 1.165) is 19.8 Å². The molecule has 0 saturated heterocycles. The molecule has 6 nitrogen and oxygen atoms in total. The standard InChI is InChI=1S/C13H15BrN4O2S/c1-6(2)11-16-17(5-10(15)19)12(20)8-3-7-4-9(14)21-13(7)18(8)11/h3-4,6,12,20H,5H2,1-2H3,(H2,15,19). The normalized spacial score (nSPS) is 18.2. The Kier molecular flexibility index (Phi) is 3.54. The van der Waals surface area contributed by atoms with E-state index in [-0.39, 0.29) is 12.5 Å². The molecule has 0 aromatic carbocycles. The van der Waals surface area contributed by atoms with E-state index in [2.05, 4.69) is 21.0 Å². The lowest BCUT2D eigenvalue weighted by molar-refractivity contribution is -0.122. The molecule has 1 amide bonds. The quantitative estimate of drug-likeness (QED) is 0.867. The molecule has 0 fully saturated rings. The molecule has 0 aliphatic carbocycles. The predicted octanol–water partition coefficient (Wildman–Crippen LogP) is 2.07. The summed E-state index contributed by atoms with van der Waals surface area (Å²) in [5, 5.41) is 17.2. The second kappa shape index (κ2) is 5.11. The van der Waals surface area contributed by atoms with Gasteiger partial charge in [-0.3, -0.25) is 14.4 Å². The number of fused-ring (bicyclic) bond motifs is 3. The highest BCUT2D eigenvalue weighted by Crippen LogP contribution is 2.37. The molecule has 0 radical (unpaired) electrons. The second-order valence-corrected chi connectivity index (χ2v) is 7.68. The molecule has 0 saturated carbocycles. The van der Waals surface area contributed by atoms with Crippen LogP contribution in [0.4, 0.5) is 0 Å². The first-order valence-corrected chi connectivity index (χ1v) is 8.12. The van der Waals surface area contributed by atoms with Gasteiger partial charge in [-0.25, -0.2) is 0 Å². The van der Waals surface area contributed by atoms with Gasteiger partial charge < -0.3 is 10.8 Å². The summed E-state index contributed by atoms with van der Waals surface area (Å²) in [6, 6.07) is 3.93. The zero-order valence-electron chi connectivity index (χ0n) is 11.6. The van der Waals surface area contributed by atoms with Crippen molar-refractivity contribution in [3.63, 3.8) is 0 Å². The minimum atomic E-state index is -0.974. The smallest absolute Gasteiger partial charge is 0.238 e. The summed E-state index contributed by atoms with van der Waals surface area (Å²) >= 11 is 5.07. The summed E-state index contributed by atoms with van der Waals surface area (Å²) in [7, 11) is 0. The van der Waals surface area contributed by atoms with Crippen molar-refractivity contribution >= 4 is 49.2 Å². The van der Waals surface area contributed by atoms with Crippen molar-refractivity contribution in [2.75, 3.05) is 6.54 Å². The molecule has 3 rings (SSSR count). The molecule has 1 unspecified atom stereocenters. The van der Waals surface area contributed by atoms with Crippen molar-refractivity contribution in [3.05, 3.63) is 21.6 Å². The second-order valence-electron chi connectivity index (χ2n) is 5.27. The van der Waals surface area contributed by atoms with Gasteiger partial charge in [-0.1, -0.05) is 13.8 Å². The van der Waals surface area contributed by atoms with Gasteiger partial charge >= 0.3 is 0 Å². The van der Waals surface area contributed by atoms with Crippen LogP contribution in [0.2, 0.25) is 0 Å². The number of amides is 1. The molecule has 2 aromatic rings. The van der Waals surface area contributed by atoms with Crippen molar-refractivity contribution < 1.29 is 9.90 Å². The van der Waals surface area contributed by atoms with E-state index in [4.69, 9.17) is 5.73 Å². The first-order valence-electron chi connectivity index (χ1n) is 6.51. The fourth-order valence-corrected chi connectivity index (χ4v) is 4.05. The van der Waals surface area contributed by atoms with Crippen LogP contribution in [0.5, 0.6) is 0 Å². The van der Waals surface area contributed by atoms with E-state index in [1.54, 1.807) is 11.3 Å². The minimum absolute atomic E-state index is 0.111. The van der Waals surface area contributed by atoms with Crippen LogP contribution in [0.1, 0.15) is 25.8 Å². The largest absolute Gasteiger partial charge is 0.368 e. The number of hydrogen-bond acceptors (Lipinski definition) is 5. The molecular weight excluding hydrogens is 356 g/mol. The van der Waals surface area contributed by atoms with Crippen LogP contribution < -0.4 is 5.73 Å². The summed E-state index contributed by atoms with van der Waals surface area (Å²) in [5.41, 5.74) is 5.94. The number of hydrazone groups is 1. The van der Waals surface area contributed by atoms with E-state index in [1.165, 1.54) is 5.01 Å². The molecule has 1 aliphatic rings. The van der Waals surface area contributed by atoms with Gasteiger partial charge in [0.25, 0.3) is 0 Å². The van der Waals surface area contributed by atoms with Crippen LogP contribution in [0.25, 0.3) is 10.2 Å². The summed E-state index contributed by atoms with van der Waals surface area (Å²) in [6.07, 6.45) is -0.974. The number of thiophene rings is 1. The third-order valence-corrected chi connectivity index (χ3v) is 4.95. The number of aliphatic hydroxyl groups excluding tert-OH is 1. The first-order chi connectivity index (χ1) is 9.88. The van der Waals surface area contributed by atoms with Crippen molar-refractivity contribution in [1.29, 1.82) is 0 Å². The van der Waals surface area contributed by atoms with E-state index in [0.29, 0.717) is 5.69 Å². The Morgan fingerprint density at radius 3 is 2.90 bits per heavy atom. The SMILES string of the molecule is CC(C)C1=NN(CC(N)=O)C(O)c2cc3cc(Br)sc3n21. The van der Waals surface area contributed by atoms with E-state index in [1.807, 2.05) is 30.5 Å². The number of halogens is 1. The molecule has 112 valence electrons. The van der Waals surface area contributed by atoms with Crippen LogP contribution in [-0.2, 0) is 4.79 Å². The van der Waals surface area contributed by atoms with Crippen molar-refractivity contribution in [2.45, 2.75) is 20.1 Å². The summed E-state index contributed by atoms with van der Waals surface area (Å²) < 4.78 is 3.00. The van der Waals surface area contributed by atoms with Gasteiger partial charge in [-0.2, -0.15) is 5.10 Å². The van der Waals surface area contributed by atoms with E-state index < -0.39 is 12.1 Å². The Morgan fingerprint density at radius 2 is 2.29 bits per heavy atom. The lowest BCUT2D eigenvalue weighted by Crippen LogP contribution is -2.40. The Hall–Kier alpha value is -1.38. The molecule has 8 heteroatoms. The maximum absolute atomic E-state index is 11.2. The van der Waals surface area contributed by atoms with Crippen LogP contribution >= 0.6 is 27.3 Å². The van der Waals surface area contributed by atoms with Crippen LogP contribution in [-0.4, -0.2) is 33.0 Å². The molecule has 0 spiro atoms. The van der Waals surface area contributed by atoms with Gasteiger partial charge in [0.05, 0.1) is 9.48 Å². The Balaban J connectivity index is 2.18. The van der Waals surface area contributed by atoms with Gasteiger partial charge in [0.2, 0.25) is 5.91 Å². The number of nitrogens with zero attached hydrogens (tertiary/aromatic N) is 3. The topological polar surface area (TPSA) is 83.8 Å². The number of hydrogen-bond donors (Lipinski definition) is 2. The number of aromatic nitrogens is 1. The van der Waals surface area contributed by atoms with Gasteiger partial charge in [-0.15, -0.1) is 11.3 Å². The molecule has 1 atom stereocenters. The number of aliphatic hydroxyl groups is 1. The molecule has 1 aliphatic heterocycles. The van der Waals surface area contributed by atoms with Crippen LogP contribution in [0.15, 0.2) is 21.0 Å². The fraction of sp³-hybridized carbons (Fsp3) is 0.385. The highest BCUT2D eigenvalue weighted by molar-refractivity contribution is 9.11. The van der Waals surface area contributed by atoms with Gasteiger partial charge in [0.15, 0.2) is 6.23 Å². The number of primary amides is 1. The summed E-state index contributed by atoms with van der Waals surface area (Å²) in [6.45, 7) is 3.94. The maximum atomic E-state index is 11.2. The van der Waals surface area contributed by atoms with Crippen molar-refractivity contribution in [3.8, 4) is 0 Å². The minimum Gasteiger partial charge on any atom is -0.368 e. The molecule has 3 heterocycles. The van der Waals surface area contributed by atoms with Crippen molar-refractivity contribution in [2.24, 2.45) is 16.8 Å². The Bertz CT molecular complexity index is 749. The lowest BCUT2D eigenvalue weighted by Gasteiger charge is -2.32. The average Bonchev–Trinajstić information content (AvgIpc) is 2.88. The van der Waals surface area contributed by atoms with Crippen LogP contribution in [0, 0.1) is 5.92 Å². The predicted molar refractivity (Wildman–Crippen MR) is 86.0 cm³/mol. The number of nitrogens with two attached hydrogens (primary N) is 1. The third kappa shape index (κ3) is 2.37. The third-order valence-electron chi connectivity index (χ3n) is 3.32. The number of carbonyl (C=O) groups excluding carboxylic acids is 1.